The Morgan fingerprint density at radius 2 is 1.75 bits per heavy atom. The molecule has 2 saturated heterocycles. The van der Waals surface area contributed by atoms with Gasteiger partial charge in [0.25, 0.3) is 10.2 Å². The first-order valence-corrected chi connectivity index (χ1v) is 10.1. The Bertz CT molecular complexity index is 652. The summed E-state index contributed by atoms with van der Waals surface area (Å²) in [5.74, 6) is 0.543. The summed E-state index contributed by atoms with van der Waals surface area (Å²) in [7, 11) is 2.13. The fraction of sp³-hybridized carbons (Fsp3) is 0.667. The van der Waals surface area contributed by atoms with Crippen molar-refractivity contribution in [1.29, 1.82) is 0 Å². The molecule has 2 fully saturated rings. The Labute approximate surface area is 146 Å². The van der Waals surface area contributed by atoms with Crippen LogP contribution >= 0.6 is 0 Å². The topological polar surface area (TPSA) is 43.9 Å². The Kier molecular flexibility index (Phi) is 5.02. The van der Waals surface area contributed by atoms with E-state index in [2.05, 4.69) is 42.3 Å². The minimum Gasteiger partial charge on any atom is -0.305 e. The Morgan fingerprint density at radius 1 is 1.12 bits per heavy atom. The van der Waals surface area contributed by atoms with Gasteiger partial charge in [-0.2, -0.15) is 17.0 Å². The van der Waals surface area contributed by atoms with Crippen molar-refractivity contribution in [2.24, 2.45) is 5.41 Å². The summed E-state index contributed by atoms with van der Waals surface area (Å²) in [6, 6.07) is 10.7. The predicted octanol–water partition coefficient (Wildman–Crippen LogP) is 1.99. The molecule has 2 heterocycles. The van der Waals surface area contributed by atoms with Crippen LogP contribution in [0.4, 0.5) is 0 Å². The van der Waals surface area contributed by atoms with E-state index in [1.165, 1.54) is 9.87 Å². The first-order valence-electron chi connectivity index (χ1n) is 8.74. The molecule has 5 nitrogen and oxygen atoms in total. The fourth-order valence-electron chi connectivity index (χ4n) is 4.40. The molecule has 1 atom stereocenters. The van der Waals surface area contributed by atoms with Crippen molar-refractivity contribution in [2.45, 2.75) is 25.2 Å². The molecule has 6 heteroatoms. The van der Waals surface area contributed by atoms with E-state index in [1.54, 1.807) is 18.4 Å². The van der Waals surface area contributed by atoms with Gasteiger partial charge in [-0.15, -0.1) is 0 Å². The molecule has 1 aromatic carbocycles. The largest absolute Gasteiger partial charge is 0.305 e. The van der Waals surface area contributed by atoms with Crippen molar-refractivity contribution in [2.75, 3.05) is 47.3 Å². The maximum Gasteiger partial charge on any atom is 0.281 e. The third kappa shape index (κ3) is 3.52. The van der Waals surface area contributed by atoms with Gasteiger partial charge < -0.3 is 4.90 Å². The van der Waals surface area contributed by atoms with Crippen LogP contribution in [0.5, 0.6) is 0 Å². The van der Waals surface area contributed by atoms with Crippen LogP contribution in [0.2, 0.25) is 0 Å². The van der Waals surface area contributed by atoms with E-state index < -0.39 is 10.2 Å². The zero-order valence-corrected chi connectivity index (χ0v) is 15.8. The van der Waals surface area contributed by atoms with E-state index >= 15 is 0 Å². The van der Waals surface area contributed by atoms with Crippen LogP contribution in [0.15, 0.2) is 30.3 Å². The molecule has 0 amide bonds. The molecule has 3 rings (SSSR count). The summed E-state index contributed by atoms with van der Waals surface area (Å²) in [5, 5.41) is 0. The summed E-state index contributed by atoms with van der Waals surface area (Å²) >= 11 is 0. The lowest BCUT2D eigenvalue weighted by molar-refractivity contribution is 0.0431. The van der Waals surface area contributed by atoms with E-state index in [4.69, 9.17) is 0 Å². The number of likely N-dealkylation sites (tertiary alicyclic amines) is 1. The molecule has 1 aromatic rings. The zero-order chi connectivity index (χ0) is 17.4. The first kappa shape index (κ1) is 17.9. The predicted molar refractivity (Wildman–Crippen MR) is 97.1 cm³/mol. The van der Waals surface area contributed by atoms with Gasteiger partial charge in [0.15, 0.2) is 0 Å². The third-order valence-corrected chi connectivity index (χ3v) is 7.60. The Balaban J connectivity index is 1.73. The van der Waals surface area contributed by atoms with Crippen LogP contribution in [0.1, 0.15) is 30.7 Å². The van der Waals surface area contributed by atoms with Crippen LogP contribution in [0.25, 0.3) is 0 Å². The standard InChI is InChI=1S/C18H29N3O2S/c1-19(2)24(22,23)21-11-9-18(10-12-21)13-17(14-20(3)15-18)16-7-5-4-6-8-16/h4-8,17H,9-15H2,1-3H3/t17-/m0/s1. The second-order valence-electron chi connectivity index (χ2n) is 7.70. The number of piperidine rings is 2. The van der Waals surface area contributed by atoms with Crippen LogP contribution in [-0.4, -0.2) is 69.3 Å². The molecule has 2 aliphatic heterocycles. The highest BCUT2D eigenvalue weighted by Crippen LogP contribution is 2.45. The lowest BCUT2D eigenvalue weighted by atomic mass is 9.68. The minimum atomic E-state index is -3.28. The second-order valence-corrected chi connectivity index (χ2v) is 9.84. The van der Waals surface area contributed by atoms with Crippen LogP contribution in [-0.2, 0) is 10.2 Å². The highest BCUT2D eigenvalue weighted by molar-refractivity contribution is 7.86. The Hall–Kier alpha value is -0.950. The van der Waals surface area contributed by atoms with Gasteiger partial charge in [-0.1, -0.05) is 30.3 Å². The number of nitrogens with zero attached hydrogens (tertiary/aromatic N) is 3. The van der Waals surface area contributed by atoms with Crippen molar-refractivity contribution in [3.8, 4) is 0 Å². The fourth-order valence-corrected chi connectivity index (χ4v) is 5.50. The summed E-state index contributed by atoms with van der Waals surface area (Å²) in [5.41, 5.74) is 1.65. The molecule has 0 bridgehead atoms. The van der Waals surface area contributed by atoms with Crippen LogP contribution in [0.3, 0.4) is 0 Å². The lowest BCUT2D eigenvalue weighted by Crippen LogP contribution is -2.53. The highest BCUT2D eigenvalue weighted by Gasteiger charge is 2.43. The summed E-state index contributed by atoms with van der Waals surface area (Å²) < 4.78 is 27.7. The molecule has 24 heavy (non-hydrogen) atoms. The van der Waals surface area contributed by atoms with E-state index in [0.717, 1.165) is 32.4 Å². The monoisotopic (exact) mass is 351 g/mol. The molecule has 0 aliphatic carbocycles. The number of rotatable bonds is 3. The average molecular weight is 352 g/mol. The van der Waals surface area contributed by atoms with Gasteiger partial charge in [-0.3, -0.25) is 0 Å². The van der Waals surface area contributed by atoms with Crippen molar-refractivity contribution >= 4 is 10.2 Å². The molecule has 0 radical (unpaired) electrons. The van der Waals surface area contributed by atoms with Crippen molar-refractivity contribution in [3.63, 3.8) is 0 Å². The van der Waals surface area contributed by atoms with Gasteiger partial charge in [0.1, 0.15) is 0 Å². The lowest BCUT2D eigenvalue weighted by Gasteiger charge is -2.49. The van der Waals surface area contributed by atoms with Crippen molar-refractivity contribution in [1.82, 2.24) is 13.5 Å². The highest BCUT2D eigenvalue weighted by atomic mass is 32.2. The number of benzene rings is 1. The average Bonchev–Trinajstić information content (AvgIpc) is 2.55. The summed E-state index contributed by atoms with van der Waals surface area (Å²) in [4.78, 5) is 2.43. The zero-order valence-electron chi connectivity index (χ0n) is 15.0. The van der Waals surface area contributed by atoms with Gasteiger partial charge in [0, 0.05) is 40.3 Å². The summed E-state index contributed by atoms with van der Waals surface area (Å²) in [6.07, 6.45) is 3.07. The molecule has 0 saturated carbocycles. The molecule has 134 valence electrons. The molecule has 0 unspecified atom stereocenters. The molecular formula is C18H29N3O2S. The molecular weight excluding hydrogens is 322 g/mol. The SMILES string of the molecule is CN1C[C@@H](c2ccccc2)CC2(CCN(S(=O)(=O)N(C)C)CC2)C1. The molecule has 0 N–H and O–H groups in total. The van der Waals surface area contributed by atoms with Gasteiger partial charge in [-0.25, -0.2) is 0 Å². The molecule has 2 aliphatic rings. The van der Waals surface area contributed by atoms with Gasteiger partial charge in [0.2, 0.25) is 0 Å². The quantitative estimate of drug-likeness (QED) is 0.837. The van der Waals surface area contributed by atoms with E-state index in [-0.39, 0.29) is 5.41 Å². The maximum atomic E-state index is 12.3. The number of hydrogen-bond donors (Lipinski definition) is 0. The smallest absolute Gasteiger partial charge is 0.281 e. The van der Waals surface area contributed by atoms with Crippen molar-refractivity contribution < 1.29 is 8.42 Å². The van der Waals surface area contributed by atoms with E-state index in [1.807, 2.05) is 0 Å². The van der Waals surface area contributed by atoms with E-state index in [0.29, 0.717) is 19.0 Å². The number of hydrogen-bond acceptors (Lipinski definition) is 3. The second kappa shape index (κ2) is 6.75. The van der Waals surface area contributed by atoms with Gasteiger partial charge in [-0.05, 0) is 43.2 Å². The van der Waals surface area contributed by atoms with E-state index in [9.17, 15) is 8.42 Å². The first-order chi connectivity index (χ1) is 11.3. The minimum absolute atomic E-state index is 0.242. The maximum absolute atomic E-state index is 12.3. The van der Waals surface area contributed by atoms with Crippen molar-refractivity contribution in [3.05, 3.63) is 35.9 Å². The summed E-state index contributed by atoms with van der Waals surface area (Å²) in [6.45, 7) is 3.43. The molecule has 0 aromatic heterocycles. The van der Waals surface area contributed by atoms with Crippen LogP contribution in [0, 0.1) is 5.41 Å². The normalized spacial score (nSPS) is 26.1. The van der Waals surface area contributed by atoms with Gasteiger partial charge in [0.05, 0.1) is 0 Å². The van der Waals surface area contributed by atoms with Crippen LogP contribution < -0.4 is 0 Å². The van der Waals surface area contributed by atoms with Gasteiger partial charge >= 0.3 is 0 Å². The Morgan fingerprint density at radius 3 is 2.33 bits per heavy atom. The number of likely N-dealkylation sites (N-methyl/N-ethyl adjacent to an activating group) is 1. The third-order valence-electron chi connectivity index (χ3n) is 5.66. The molecule has 1 spiro atoms.